The Hall–Kier alpha value is -1.58. The molecule has 0 fully saturated rings. The molecule has 0 radical (unpaired) electrons. The lowest BCUT2D eigenvalue weighted by atomic mass is 10.0. The van der Waals surface area contributed by atoms with Gasteiger partial charge in [-0.15, -0.1) is 0 Å². The van der Waals surface area contributed by atoms with Gasteiger partial charge in [-0.25, -0.2) is 4.99 Å². The molecule has 0 bridgehead atoms. The molecule has 2 atom stereocenters. The van der Waals surface area contributed by atoms with E-state index in [1.807, 2.05) is 30.3 Å². The van der Waals surface area contributed by atoms with Crippen LogP contribution in [0.4, 0.5) is 0 Å². The van der Waals surface area contributed by atoms with Crippen molar-refractivity contribution in [1.82, 2.24) is 10.6 Å². The molecule has 3 nitrogen and oxygen atoms in total. The number of amidine groups is 1. The van der Waals surface area contributed by atoms with Crippen LogP contribution in [0.1, 0.15) is 18.4 Å². The largest absolute Gasteiger partial charge is 0.342 e. The Morgan fingerprint density at radius 1 is 1.21 bits per heavy atom. The van der Waals surface area contributed by atoms with E-state index in [0.717, 1.165) is 24.2 Å². The van der Waals surface area contributed by atoms with Gasteiger partial charge in [0.2, 0.25) is 0 Å². The smallest absolute Gasteiger partial charge is 0.158 e. The first-order chi connectivity index (χ1) is 9.33. The SMILES string of the molecule is ClC1NC(c2ccccc2)=NC(C2=CC=CCC2)N1. The van der Waals surface area contributed by atoms with Gasteiger partial charge in [0, 0.05) is 5.56 Å². The highest BCUT2D eigenvalue weighted by atomic mass is 35.5. The molecular formula is C15H16ClN3. The third kappa shape index (κ3) is 2.88. The Kier molecular flexibility index (Phi) is 3.67. The van der Waals surface area contributed by atoms with E-state index < -0.39 is 0 Å². The fraction of sp³-hybridized carbons (Fsp3) is 0.267. The van der Waals surface area contributed by atoms with Crippen LogP contribution in [0.5, 0.6) is 0 Å². The minimum Gasteiger partial charge on any atom is -0.342 e. The maximum absolute atomic E-state index is 6.23. The minimum atomic E-state index is -0.301. The van der Waals surface area contributed by atoms with E-state index >= 15 is 0 Å². The molecule has 2 aliphatic rings. The van der Waals surface area contributed by atoms with Crippen LogP contribution in [0.15, 0.2) is 59.1 Å². The highest BCUT2D eigenvalue weighted by Crippen LogP contribution is 2.20. The number of alkyl halides is 1. The van der Waals surface area contributed by atoms with Crippen LogP contribution >= 0.6 is 11.6 Å². The molecule has 19 heavy (non-hydrogen) atoms. The van der Waals surface area contributed by atoms with Crippen molar-refractivity contribution in [3.05, 3.63) is 59.7 Å². The summed E-state index contributed by atoms with van der Waals surface area (Å²) in [5.74, 6) is 0.847. The standard InChI is InChI=1S/C15H16ClN3/c16-15-18-13(11-7-3-1-4-8-11)17-14(19-15)12-9-5-2-6-10-12/h1-5,7-9,14-15,19H,6,10H2,(H,17,18). The number of aliphatic imine (C=N–C) groups is 1. The molecule has 1 aliphatic heterocycles. The fourth-order valence-corrected chi connectivity index (χ4v) is 2.52. The lowest BCUT2D eigenvalue weighted by Crippen LogP contribution is -2.52. The lowest BCUT2D eigenvalue weighted by molar-refractivity contribution is 0.500. The molecule has 4 heteroatoms. The predicted octanol–water partition coefficient (Wildman–Crippen LogP) is 2.75. The van der Waals surface area contributed by atoms with Crippen LogP contribution in [-0.2, 0) is 0 Å². The highest BCUT2D eigenvalue weighted by Gasteiger charge is 2.23. The summed E-state index contributed by atoms with van der Waals surface area (Å²) in [5.41, 5.74) is 2.04. The summed E-state index contributed by atoms with van der Waals surface area (Å²) < 4.78 is 0. The Morgan fingerprint density at radius 2 is 2.05 bits per heavy atom. The molecule has 0 aromatic heterocycles. The van der Waals surface area contributed by atoms with Crippen LogP contribution in [-0.4, -0.2) is 17.6 Å². The Morgan fingerprint density at radius 3 is 2.79 bits per heavy atom. The fourth-order valence-electron chi connectivity index (χ4n) is 2.30. The third-order valence-corrected chi connectivity index (χ3v) is 3.51. The van der Waals surface area contributed by atoms with Gasteiger partial charge in [-0.3, -0.25) is 5.32 Å². The number of hydrogen-bond acceptors (Lipinski definition) is 3. The molecule has 1 aromatic rings. The molecule has 1 aromatic carbocycles. The van der Waals surface area contributed by atoms with Gasteiger partial charge < -0.3 is 5.32 Å². The minimum absolute atomic E-state index is 0.0380. The second-order valence-corrected chi connectivity index (χ2v) is 5.06. The maximum Gasteiger partial charge on any atom is 0.158 e. The molecule has 0 saturated heterocycles. The molecule has 1 heterocycles. The third-order valence-electron chi connectivity index (χ3n) is 3.27. The monoisotopic (exact) mass is 273 g/mol. The van der Waals surface area contributed by atoms with E-state index in [1.165, 1.54) is 5.57 Å². The summed E-state index contributed by atoms with van der Waals surface area (Å²) in [4.78, 5) is 4.73. The molecule has 2 unspecified atom stereocenters. The van der Waals surface area contributed by atoms with E-state index in [1.54, 1.807) is 0 Å². The van der Waals surface area contributed by atoms with E-state index in [4.69, 9.17) is 16.6 Å². The van der Waals surface area contributed by atoms with E-state index in [2.05, 4.69) is 28.9 Å². The summed E-state index contributed by atoms with van der Waals surface area (Å²) in [6, 6.07) is 10.1. The summed E-state index contributed by atoms with van der Waals surface area (Å²) >= 11 is 6.23. The van der Waals surface area contributed by atoms with E-state index in [9.17, 15) is 0 Å². The van der Waals surface area contributed by atoms with Crippen molar-refractivity contribution in [3.63, 3.8) is 0 Å². The normalized spacial score (nSPS) is 26.4. The van der Waals surface area contributed by atoms with Crippen molar-refractivity contribution in [2.24, 2.45) is 4.99 Å². The van der Waals surface area contributed by atoms with Crippen LogP contribution in [0, 0.1) is 0 Å². The number of halogens is 1. The first-order valence-corrected chi connectivity index (χ1v) is 6.92. The van der Waals surface area contributed by atoms with Crippen molar-refractivity contribution < 1.29 is 0 Å². The number of benzene rings is 1. The molecule has 98 valence electrons. The average Bonchev–Trinajstić information content (AvgIpc) is 2.48. The van der Waals surface area contributed by atoms with Gasteiger partial charge in [0.15, 0.2) is 5.62 Å². The quantitative estimate of drug-likeness (QED) is 0.642. The summed E-state index contributed by atoms with van der Waals surface area (Å²) in [6.45, 7) is 0. The van der Waals surface area contributed by atoms with Crippen molar-refractivity contribution in [3.8, 4) is 0 Å². The van der Waals surface area contributed by atoms with Gasteiger partial charge in [0.25, 0.3) is 0 Å². The van der Waals surface area contributed by atoms with Crippen LogP contribution < -0.4 is 10.6 Å². The first kappa shape index (κ1) is 12.5. The van der Waals surface area contributed by atoms with Gasteiger partial charge in [-0.2, -0.15) is 0 Å². The maximum atomic E-state index is 6.23. The Labute approximate surface area is 118 Å². The number of rotatable bonds is 2. The van der Waals surface area contributed by atoms with Crippen molar-refractivity contribution in [2.45, 2.75) is 24.6 Å². The van der Waals surface area contributed by atoms with Crippen molar-refractivity contribution >= 4 is 17.4 Å². The highest BCUT2D eigenvalue weighted by molar-refractivity contribution is 6.22. The Balaban J connectivity index is 1.89. The predicted molar refractivity (Wildman–Crippen MR) is 79.1 cm³/mol. The van der Waals surface area contributed by atoms with Gasteiger partial charge >= 0.3 is 0 Å². The van der Waals surface area contributed by atoms with Crippen LogP contribution in [0.2, 0.25) is 0 Å². The number of allylic oxidation sites excluding steroid dienone is 3. The Bertz CT molecular complexity index is 534. The molecule has 0 saturated carbocycles. The zero-order valence-electron chi connectivity index (χ0n) is 10.5. The van der Waals surface area contributed by atoms with Gasteiger partial charge in [0.05, 0.1) is 0 Å². The van der Waals surface area contributed by atoms with E-state index in [-0.39, 0.29) is 11.8 Å². The zero-order valence-corrected chi connectivity index (χ0v) is 11.3. The van der Waals surface area contributed by atoms with Crippen molar-refractivity contribution in [1.29, 1.82) is 0 Å². The summed E-state index contributed by atoms with van der Waals surface area (Å²) in [7, 11) is 0. The molecule has 2 N–H and O–H groups in total. The second kappa shape index (κ2) is 5.59. The van der Waals surface area contributed by atoms with E-state index in [0.29, 0.717) is 0 Å². The zero-order chi connectivity index (χ0) is 13.1. The summed E-state index contributed by atoms with van der Waals surface area (Å²) in [5, 5.41) is 6.41. The molecular weight excluding hydrogens is 258 g/mol. The molecule has 1 aliphatic carbocycles. The molecule has 0 amide bonds. The lowest BCUT2D eigenvalue weighted by Gasteiger charge is -2.29. The summed E-state index contributed by atoms with van der Waals surface area (Å²) in [6.07, 6.45) is 8.45. The number of hydrogen-bond donors (Lipinski definition) is 2. The average molecular weight is 274 g/mol. The van der Waals surface area contributed by atoms with Gasteiger partial charge in [0.1, 0.15) is 12.0 Å². The van der Waals surface area contributed by atoms with Crippen LogP contribution in [0.25, 0.3) is 0 Å². The first-order valence-electron chi connectivity index (χ1n) is 6.48. The van der Waals surface area contributed by atoms with Crippen molar-refractivity contribution in [2.75, 3.05) is 0 Å². The molecule has 0 spiro atoms. The van der Waals surface area contributed by atoms with Gasteiger partial charge in [-0.1, -0.05) is 60.2 Å². The van der Waals surface area contributed by atoms with Crippen LogP contribution in [0.3, 0.4) is 0 Å². The van der Waals surface area contributed by atoms with Gasteiger partial charge in [-0.05, 0) is 18.4 Å². The molecule has 3 rings (SSSR count). The second-order valence-electron chi connectivity index (χ2n) is 4.63. The number of nitrogens with zero attached hydrogens (tertiary/aromatic N) is 1. The number of nitrogens with one attached hydrogen (secondary N) is 2. The topological polar surface area (TPSA) is 36.4 Å².